The molecule has 2 nitrogen and oxygen atoms in total. The van der Waals surface area contributed by atoms with Crippen LogP contribution in [0.3, 0.4) is 0 Å². The van der Waals surface area contributed by atoms with Gasteiger partial charge >= 0.3 is 0 Å². The molecule has 0 fully saturated rings. The first-order valence-electron chi connectivity index (χ1n) is 5.49. The highest BCUT2D eigenvalue weighted by Crippen LogP contribution is 2.31. The first-order chi connectivity index (χ1) is 9.02. The summed E-state index contributed by atoms with van der Waals surface area (Å²) in [6.45, 7) is 0. The van der Waals surface area contributed by atoms with E-state index in [0.717, 1.165) is 0 Å². The Morgan fingerprint density at radius 1 is 1.16 bits per heavy atom. The summed E-state index contributed by atoms with van der Waals surface area (Å²) in [6.07, 6.45) is -1.16. The first kappa shape index (κ1) is 14.1. The number of ether oxygens (including phenoxy) is 1. The number of aliphatic hydroxyl groups excluding tert-OH is 1. The highest BCUT2D eigenvalue weighted by molar-refractivity contribution is 6.34. The van der Waals surface area contributed by atoms with Crippen LogP contribution >= 0.6 is 23.2 Å². The molecule has 19 heavy (non-hydrogen) atoms. The van der Waals surface area contributed by atoms with E-state index in [1.54, 1.807) is 12.1 Å². The predicted octanol–water partition coefficient (Wildman–Crippen LogP) is 4.22. The molecule has 0 saturated heterocycles. The van der Waals surface area contributed by atoms with Gasteiger partial charge < -0.3 is 9.84 Å². The Labute approximate surface area is 120 Å². The van der Waals surface area contributed by atoms with Crippen LogP contribution in [0.5, 0.6) is 5.75 Å². The summed E-state index contributed by atoms with van der Waals surface area (Å²) in [5.41, 5.74) is 0.530. The number of hydrogen-bond acceptors (Lipinski definition) is 2. The second-order valence-electron chi connectivity index (χ2n) is 3.97. The maximum atomic E-state index is 14.1. The maximum absolute atomic E-state index is 14.1. The zero-order valence-corrected chi connectivity index (χ0v) is 11.5. The minimum Gasteiger partial charge on any atom is -0.494 e. The summed E-state index contributed by atoms with van der Waals surface area (Å²) in [5, 5.41) is 11.0. The molecule has 2 rings (SSSR count). The van der Waals surface area contributed by atoms with Crippen molar-refractivity contribution in [3.8, 4) is 5.75 Å². The lowest BCUT2D eigenvalue weighted by atomic mass is 10.0. The van der Waals surface area contributed by atoms with Crippen LogP contribution in [0.4, 0.5) is 4.39 Å². The Balaban J connectivity index is 2.46. The molecule has 0 amide bonds. The first-order valence-corrected chi connectivity index (χ1v) is 6.25. The van der Waals surface area contributed by atoms with Crippen molar-refractivity contribution >= 4 is 23.2 Å². The molecule has 1 atom stereocenters. The number of rotatable bonds is 3. The topological polar surface area (TPSA) is 29.5 Å². The Morgan fingerprint density at radius 2 is 1.79 bits per heavy atom. The zero-order chi connectivity index (χ0) is 14.0. The van der Waals surface area contributed by atoms with Gasteiger partial charge in [0.25, 0.3) is 0 Å². The van der Waals surface area contributed by atoms with Crippen LogP contribution in [0.15, 0.2) is 36.4 Å². The van der Waals surface area contributed by atoms with Crippen molar-refractivity contribution in [1.82, 2.24) is 0 Å². The predicted molar refractivity (Wildman–Crippen MR) is 73.5 cm³/mol. The van der Waals surface area contributed by atoms with Crippen LogP contribution in [-0.2, 0) is 0 Å². The molecule has 100 valence electrons. The van der Waals surface area contributed by atoms with Gasteiger partial charge in [-0.05, 0) is 29.8 Å². The van der Waals surface area contributed by atoms with E-state index in [0.29, 0.717) is 15.6 Å². The van der Waals surface area contributed by atoms with Crippen molar-refractivity contribution in [2.24, 2.45) is 0 Å². The Morgan fingerprint density at radius 3 is 2.37 bits per heavy atom. The Kier molecular flexibility index (Phi) is 4.30. The minimum absolute atomic E-state index is 0.0738. The maximum Gasteiger partial charge on any atom is 0.171 e. The summed E-state index contributed by atoms with van der Waals surface area (Å²) in [6, 6.07) is 9.19. The lowest BCUT2D eigenvalue weighted by molar-refractivity contribution is 0.213. The fourth-order valence-corrected chi connectivity index (χ4v) is 2.35. The molecule has 2 aromatic rings. The van der Waals surface area contributed by atoms with Crippen LogP contribution < -0.4 is 4.74 Å². The van der Waals surface area contributed by atoms with Crippen LogP contribution in [0.1, 0.15) is 17.2 Å². The number of benzene rings is 2. The third kappa shape index (κ3) is 3.00. The van der Waals surface area contributed by atoms with Crippen molar-refractivity contribution < 1.29 is 14.2 Å². The van der Waals surface area contributed by atoms with Gasteiger partial charge in [0.2, 0.25) is 0 Å². The summed E-state index contributed by atoms with van der Waals surface area (Å²) in [5.74, 6) is -0.529. The SMILES string of the molecule is COc1cccc(C(O)c2cc(Cl)cc(Cl)c2)c1F. The molecule has 0 aliphatic carbocycles. The molecule has 0 spiro atoms. The standard InChI is InChI=1S/C14H11Cl2FO2/c1-19-12-4-2-3-11(13(12)17)14(18)8-5-9(15)7-10(16)6-8/h2-7,14,18H,1H3. The van der Waals surface area contributed by atoms with Gasteiger partial charge in [0.05, 0.1) is 7.11 Å². The molecule has 1 N–H and O–H groups in total. The number of methoxy groups -OCH3 is 1. The number of hydrogen-bond donors (Lipinski definition) is 1. The van der Waals surface area contributed by atoms with Crippen molar-refractivity contribution in [3.63, 3.8) is 0 Å². The molecule has 0 bridgehead atoms. The Hall–Kier alpha value is -1.29. The van der Waals surface area contributed by atoms with E-state index in [-0.39, 0.29) is 11.3 Å². The molecule has 0 aromatic heterocycles. The fraction of sp³-hybridized carbons (Fsp3) is 0.143. The summed E-state index contributed by atoms with van der Waals surface area (Å²) in [7, 11) is 1.37. The second kappa shape index (κ2) is 5.78. The van der Waals surface area contributed by atoms with Crippen molar-refractivity contribution in [2.45, 2.75) is 6.10 Å². The largest absolute Gasteiger partial charge is 0.494 e. The third-order valence-electron chi connectivity index (χ3n) is 2.71. The fourth-order valence-electron chi connectivity index (χ4n) is 1.81. The van der Waals surface area contributed by atoms with Gasteiger partial charge in [0, 0.05) is 15.6 Å². The molecule has 0 radical (unpaired) electrons. The van der Waals surface area contributed by atoms with Gasteiger partial charge in [0.15, 0.2) is 11.6 Å². The lowest BCUT2D eigenvalue weighted by Crippen LogP contribution is -2.04. The van der Waals surface area contributed by atoms with E-state index < -0.39 is 11.9 Å². The third-order valence-corrected chi connectivity index (χ3v) is 3.14. The van der Waals surface area contributed by atoms with Crippen LogP contribution in [-0.4, -0.2) is 12.2 Å². The van der Waals surface area contributed by atoms with Gasteiger partial charge in [0.1, 0.15) is 6.10 Å². The molecule has 2 aromatic carbocycles. The van der Waals surface area contributed by atoms with Gasteiger partial charge in [-0.2, -0.15) is 0 Å². The van der Waals surface area contributed by atoms with Gasteiger partial charge in [-0.25, -0.2) is 4.39 Å². The molecule has 0 heterocycles. The normalized spacial score (nSPS) is 12.3. The number of halogens is 3. The van der Waals surface area contributed by atoms with Gasteiger partial charge in [-0.15, -0.1) is 0 Å². The van der Waals surface area contributed by atoms with Crippen molar-refractivity contribution in [3.05, 3.63) is 63.4 Å². The van der Waals surface area contributed by atoms with Gasteiger partial charge in [-0.3, -0.25) is 0 Å². The number of aliphatic hydroxyl groups is 1. The van der Waals surface area contributed by atoms with Crippen LogP contribution in [0.2, 0.25) is 10.0 Å². The van der Waals surface area contributed by atoms with Gasteiger partial charge in [-0.1, -0.05) is 35.3 Å². The van der Waals surface area contributed by atoms with Crippen LogP contribution in [0, 0.1) is 5.82 Å². The van der Waals surface area contributed by atoms with E-state index in [1.165, 1.54) is 31.4 Å². The highest BCUT2D eigenvalue weighted by atomic mass is 35.5. The summed E-state index contributed by atoms with van der Waals surface area (Å²) >= 11 is 11.7. The zero-order valence-electron chi connectivity index (χ0n) is 10.0. The van der Waals surface area contributed by atoms with Crippen molar-refractivity contribution in [1.29, 1.82) is 0 Å². The monoisotopic (exact) mass is 300 g/mol. The minimum atomic E-state index is -1.16. The van der Waals surface area contributed by atoms with E-state index in [1.807, 2.05) is 0 Å². The van der Waals surface area contributed by atoms with E-state index >= 15 is 0 Å². The molecule has 0 aliphatic rings. The van der Waals surface area contributed by atoms with E-state index in [4.69, 9.17) is 27.9 Å². The van der Waals surface area contributed by atoms with E-state index in [9.17, 15) is 9.50 Å². The average Bonchev–Trinajstić information content (AvgIpc) is 2.37. The van der Waals surface area contributed by atoms with Crippen molar-refractivity contribution in [2.75, 3.05) is 7.11 Å². The summed E-state index contributed by atoms with van der Waals surface area (Å²) < 4.78 is 18.9. The quantitative estimate of drug-likeness (QED) is 0.919. The molecule has 5 heteroatoms. The molecular weight excluding hydrogens is 290 g/mol. The smallest absolute Gasteiger partial charge is 0.171 e. The molecule has 0 aliphatic heterocycles. The molecule has 0 saturated carbocycles. The van der Waals surface area contributed by atoms with Crippen LogP contribution in [0.25, 0.3) is 0 Å². The summed E-state index contributed by atoms with van der Waals surface area (Å²) in [4.78, 5) is 0. The Bertz CT molecular complexity index is 582. The molecular formula is C14H11Cl2FO2. The highest BCUT2D eigenvalue weighted by Gasteiger charge is 2.18. The average molecular weight is 301 g/mol. The molecule has 1 unspecified atom stereocenters. The van der Waals surface area contributed by atoms with E-state index in [2.05, 4.69) is 0 Å². The lowest BCUT2D eigenvalue weighted by Gasteiger charge is -2.14. The second-order valence-corrected chi connectivity index (χ2v) is 4.84.